The number of rotatable bonds is 2. The van der Waals surface area contributed by atoms with Gasteiger partial charge in [-0.3, -0.25) is 4.90 Å². The lowest BCUT2D eigenvalue weighted by Crippen LogP contribution is -2.42. The van der Waals surface area contributed by atoms with Crippen LogP contribution in [0.4, 0.5) is 4.79 Å². The van der Waals surface area contributed by atoms with E-state index < -0.39 is 0 Å². The van der Waals surface area contributed by atoms with Gasteiger partial charge in [0.05, 0.1) is 6.04 Å². The summed E-state index contributed by atoms with van der Waals surface area (Å²) in [4.78, 5) is 18.7. The molecule has 0 N–H and O–H groups in total. The van der Waals surface area contributed by atoms with E-state index in [0.29, 0.717) is 12.4 Å². The van der Waals surface area contributed by atoms with Crippen molar-refractivity contribution < 1.29 is 9.53 Å². The highest BCUT2D eigenvalue weighted by atomic mass is 16.6. The van der Waals surface area contributed by atoms with Crippen molar-refractivity contribution in [3.63, 3.8) is 0 Å². The number of hydrogen-bond acceptors (Lipinski definition) is 3. The number of benzene rings is 2. The molecule has 0 spiro atoms. The Balaban J connectivity index is 1.70. The molecule has 0 saturated heterocycles. The average molecular weight is 330 g/mol. The van der Waals surface area contributed by atoms with Crippen molar-refractivity contribution in [1.29, 1.82) is 0 Å². The van der Waals surface area contributed by atoms with Crippen LogP contribution in [0.1, 0.15) is 22.7 Å². The number of ether oxygens (including phenoxy) is 1. The standard InChI is InChI=1S/C21H18N2O2/c24-21(25-19-12-6-7-14-22-19)23-15-13-16-8-4-5-11-18(16)20(23)17-9-2-1-3-10-17/h1-12,14,20H,13,15H2/t20-/m0/s1. The zero-order valence-electron chi connectivity index (χ0n) is 13.7. The van der Waals surface area contributed by atoms with Crippen molar-refractivity contribution in [2.75, 3.05) is 6.54 Å². The maximum Gasteiger partial charge on any atom is 0.417 e. The highest BCUT2D eigenvalue weighted by molar-refractivity contribution is 5.72. The maximum atomic E-state index is 12.8. The SMILES string of the molecule is O=C(Oc1ccccn1)N1CCc2ccccc2[C@@H]1c1ccccc1. The molecule has 3 aromatic rings. The van der Waals surface area contributed by atoms with Gasteiger partial charge < -0.3 is 4.74 Å². The number of amides is 1. The van der Waals surface area contributed by atoms with Crippen molar-refractivity contribution in [3.05, 3.63) is 95.7 Å². The van der Waals surface area contributed by atoms with Crippen LogP contribution in [0.3, 0.4) is 0 Å². The zero-order valence-corrected chi connectivity index (χ0v) is 13.7. The van der Waals surface area contributed by atoms with Gasteiger partial charge in [0.15, 0.2) is 0 Å². The second-order valence-corrected chi connectivity index (χ2v) is 5.99. The predicted octanol–water partition coefficient (Wildman–Crippen LogP) is 4.23. The van der Waals surface area contributed by atoms with Crippen molar-refractivity contribution in [2.45, 2.75) is 12.5 Å². The van der Waals surface area contributed by atoms with E-state index in [4.69, 9.17) is 4.74 Å². The monoisotopic (exact) mass is 330 g/mol. The Hall–Kier alpha value is -3.14. The summed E-state index contributed by atoms with van der Waals surface area (Å²) in [5.41, 5.74) is 3.50. The highest BCUT2D eigenvalue weighted by Crippen LogP contribution is 2.35. The summed E-state index contributed by atoms with van der Waals surface area (Å²) >= 11 is 0. The summed E-state index contributed by atoms with van der Waals surface area (Å²) in [6.45, 7) is 0.613. The van der Waals surface area contributed by atoms with Crippen LogP contribution >= 0.6 is 0 Å². The van der Waals surface area contributed by atoms with Gasteiger partial charge in [0.25, 0.3) is 0 Å². The molecule has 0 saturated carbocycles. The van der Waals surface area contributed by atoms with Crippen LogP contribution in [0, 0.1) is 0 Å². The van der Waals surface area contributed by atoms with Gasteiger partial charge in [-0.1, -0.05) is 60.7 Å². The molecule has 0 radical (unpaired) electrons. The number of nitrogens with zero attached hydrogens (tertiary/aromatic N) is 2. The molecule has 1 aliphatic rings. The van der Waals surface area contributed by atoms with E-state index in [0.717, 1.165) is 17.5 Å². The van der Waals surface area contributed by atoms with Gasteiger partial charge in [0.1, 0.15) is 0 Å². The number of fused-ring (bicyclic) bond motifs is 1. The molecule has 0 fully saturated rings. The minimum Gasteiger partial charge on any atom is -0.391 e. The Morgan fingerprint density at radius 1 is 0.960 bits per heavy atom. The largest absolute Gasteiger partial charge is 0.417 e. The zero-order chi connectivity index (χ0) is 17.1. The van der Waals surface area contributed by atoms with E-state index in [1.54, 1.807) is 29.3 Å². The molecule has 0 unspecified atom stereocenters. The van der Waals surface area contributed by atoms with Crippen LogP contribution in [-0.2, 0) is 6.42 Å². The third kappa shape index (κ3) is 3.11. The van der Waals surface area contributed by atoms with Crippen LogP contribution < -0.4 is 4.74 Å². The van der Waals surface area contributed by atoms with Crippen molar-refractivity contribution >= 4 is 6.09 Å². The van der Waals surface area contributed by atoms with Gasteiger partial charge in [-0.25, -0.2) is 9.78 Å². The maximum absolute atomic E-state index is 12.8. The molecule has 4 heteroatoms. The van der Waals surface area contributed by atoms with Gasteiger partial charge in [0.2, 0.25) is 5.88 Å². The van der Waals surface area contributed by atoms with Crippen molar-refractivity contribution in [2.24, 2.45) is 0 Å². The van der Waals surface area contributed by atoms with E-state index in [1.165, 1.54) is 5.56 Å². The first kappa shape index (κ1) is 15.4. The Bertz CT molecular complexity index is 865. The van der Waals surface area contributed by atoms with Crippen LogP contribution in [0.2, 0.25) is 0 Å². The third-order valence-electron chi connectivity index (χ3n) is 4.46. The molecule has 1 aliphatic heterocycles. The fraction of sp³-hybridized carbons (Fsp3) is 0.143. The first-order chi connectivity index (χ1) is 12.3. The topological polar surface area (TPSA) is 42.4 Å². The van der Waals surface area contributed by atoms with E-state index in [2.05, 4.69) is 17.1 Å². The second-order valence-electron chi connectivity index (χ2n) is 5.99. The Labute approximate surface area is 146 Å². The third-order valence-corrected chi connectivity index (χ3v) is 4.46. The molecule has 2 heterocycles. The van der Waals surface area contributed by atoms with Crippen LogP contribution in [0.5, 0.6) is 5.88 Å². The first-order valence-electron chi connectivity index (χ1n) is 8.35. The van der Waals surface area contributed by atoms with E-state index in [1.807, 2.05) is 42.5 Å². The fourth-order valence-electron chi connectivity index (χ4n) is 3.31. The molecule has 124 valence electrons. The smallest absolute Gasteiger partial charge is 0.391 e. The van der Waals surface area contributed by atoms with Crippen molar-refractivity contribution in [3.8, 4) is 5.88 Å². The van der Waals surface area contributed by atoms with Gasteiger partial charge in [-0.2, -0.15) is 0 Å². The summed E-state index contributed by atoms with van der Waals surface area (Å²) in [6.07, 6.45) is 2.06. The molecular formula is C21H18N2O2. The first-order valence-corrected chi connectivity index (χ1v) is 8.35. The highest BCUT2D eigenvalue weighted by Gasteiger charge is 2.33. The molecule has 1 atom stereocenters. The number of pyridine rings is 1. The number of aromatic nitrogens is 1. The van der Waals surface area contributed by atoms with Crippen LogP contribution in [0.15, 0.2) is 79.0 Å². The Morgan fingerprint density at radius 2 is 1.72 bits per heavy atom. The minimum absolute atomic E-state index is 0.151. The summed E-state index contributed by atoms with van der Waals surface area (Å²) < 4.78 is 5.50. The molecule has 2 aromatic carbocycles. The normalized spacial score (nSPS) is 16.2. The van der Waals surface area contributed by atoms with Gasteiger partial charge in [0, 0.05) is 18.8 Å². The molecular weight excluding hydrogens is 312 g/mol. The number of hydrogen-bond donors (Lipinski definition) is 0. The van der Waals surface area contributed by atoms with E-state index >= 15 is 0 Å². The van der Waals surface area contributed by atoms with Crippen molar-refractivity contribution in [1.82, 2.24) is 9.88 Å². The quantitative estimate of drug-likeness (QED) is 0.706. The Kier molecular flexibility index (Phi) is 4.17. The summed E-state index contributed by atoms with van der Waals surface area (Å²) in [5.74, 6) is 0.318. The molecule has 4 rings (SSSR count). The summed E-state index contributed by atoms with van der Waals surface area (Å²) in [5, 5.41) is 0. The van der Waals surface area contributed by atoms with E-state index in [9.17, 15) is 4.79 Å². The Morgan fingerprint density at radius 3 is 2.52 bits per heavy atom. The molecule has 25 heavy (non-hydrogen) atoms. The lowest BCUT2D eigenvalue weighted by molar-refractivity contribution is 0.134. The molecule has 0 aliphatic carbocycles. The predicted molar refractivity (Wildman–Crippen MR) is 95.4 cm³/mol. The summed E-state index contributed by atoms with van der Waals surface area (Å²) in [7, 11) is 0. The molecule has 1 aromatic heterocycles. The molecule has 0 bridgehead atoms. The minimum atomic E-state index is -0.373. The summed E-state index contributed by atoms with van der Waals surface area (Å²) in [6, 6.07) is 23.5. The molecule has 4 nitrogen and oxygen atoms in total. The van der Waals surface area contributed by atoms with Gasteiger partial charge >= 0.3 is 6.09 Å². The van der Waals surface area contributed by atoms with Gasteiger partial charge in [-0.15, -0.1) is 0 Å². The lowest BCUT2D eigenvalue weighted by atomic mass is 9.88. The number of carbonyl (C=O) groups is 1. The van der Waals surface area contributed by atoms with Crippen LogP contribution in [0.25, 0.3) is 0 Å². The fourth-order valence-corrected chi connectivity index (χ4v) is 3.31. The van der Waals surface area contributed by atoms with Crippen LogP contribution in [-0.4, -0.2) is 22.5 Å². The van der Waals surface area contributed by atoms with Gasteiger partial charge in [-0.05, 0) is 29.2 Å². The molecule has 1 amide bonds. The van der Waals surface area contributed by atoms with E-state index in [-0.39, 0.29) is 12.1 Å². The lowest BCUT2D eigenvalue weighted by Gasteiger charge is -2.36. The number of carbonyl (C=O) groups excluding carboxylic acids is 1. The average Bonchev–Trinajstić information content (AvgIpc) is 2.68. The second kappa shape index (κ2) is 6.77.